The third-order valence-electron chi connectivity index (χ3n) is 4.68. The summed E-state index contributed by atoms with van der Waals surface area (Å²) in [5.41, 5.74) is 1.15. The van der Waals surface area contributed by atoms with Crippen LogP contribution in [-0.2, 0) is 31.1 Å². The number of halogens is 2. The molecule has 11 heteroatoms. The fourth-order valence-electron chi connectivity index (χ4n) is 3.08. The van der Waals surface area contributed by atoms with Gasteiger partial charge in [-0.2, -0.15) is 13.1 Å². The Morgan fingerprint density at radius 1 is 1.12 bits per heavy atom. The molecule has 2 aromatic rings. The van der Waals surface area contributed by atoms with Gasteiger partial charge < -0.3 is 9.84 Å². The molecular formula is C21H20Cl2N2O6S. The lowest BCUT2D eigenvalue weighted by Crippen LogP contribution is -2.46. The van der Waals surface area contributed by atoms with Gasteiger partial charge in [-0.15, -0.1) is 0 Å². The largest absolute Gasteiger partial charge is 0.481 e. The van der Waals surface area contributed by atoms with Crippen LogP contribution in [0.25, 0.3) is 0 Å². The first-order chi connectivity index (χ1) is 15.2. The van der Waals surface area contributed by atoms with E-state index in [1.165, 1.54) is 12.3 Å². The fourth-order valence-corrected chi connectivity index (χ4v) is 4.86. The van der Waals surface area contributed by atoms with Gasteiger partial charge >= 0.3 is 22.1 Å². The highest BCUT2D eigenvalue weighted by molar-refractivity contribution is 7.87. The molecule has 8 nitrogen and oxygen atoms in total. The molecule has 0 fully saturated rings. The molecule has 1 unspecified atom stereocenters. The molecule has 1 heterocycles. The van der Waals surface area contributed by atoms with Crippen LogP contribution in [0, 0.1) is 0 Å². The minimum Gasteiger partial charge on any atom is -0.481 e. The van der Waals surface area contributed by atoms with Gasteiger partial charge in [0.25, 0.3) is 0 Å². The molecule has 0 spiro atoms. The summed E-state index contributed by atoms with van der Waals surface area (Å²) in [6.07, 6.45) is 1.05. The number of carbonyl (C=O) groups is 2. The third kappa shape index (κ3) is 6.01. The summed E-state index contributed by atoms with van der Waals surface area (Å²) in [7, 11) is -3.99. The van der Waals surface area contributed by atoms with Crippen molar-refractivity contribution in [3.63, 3.8) is 0 Å². The number of nitrogens with one attached hydrogen (secondary N) is 1. The van der Waals surface area contributed by atoms with Gasteiger partial charge in [0.1, 0.15) is 6.61 Å². The Kier molecular flexibility index (Phi) is 7.78. The van der Waals surface area contributed by atoms with Crippen molar-refractivity contribution in [3.05, 3.63) is 81.5 Å². The highest BCUT2D eigenvalue weighted by atomic mass is 35.5. The zero-order chi connectivity index (χ0) is 23.3. The Labute approximate surface area is 195 Å². The molecule has 170 valence electrons. The Balaban J connectivity index is 1.87. The lowest BCUT2D eigenvalue weighted by molar-refractivity contribution is -0.141. The van der Waals surface area contributed by atoms with Crippen molar-refractivity contribution in [2.45, 2.75) is 25.5 Å². The fraction of sp³-hybridized carbons (Fsp3) is 0.238. The van der Waals surface area contributed by atoms with Crippen LogP contribution < -0.4 is 4.72 Å². The zero-order valence-corrected chi connectivity index (χ0v) is 19.0. The number of aliphatic carboxylic acids is 1. The average molecular weight is 499 g/mol. The predicted molar refractivity (Wildman–Crippen MR) is 119 cm³/mol. The van der Waals surface area contributed by atoms with Gasteiger partial charge in [-0.05, 0) is 24.1 Å². The number of benzene rings is 2. The highest BCUT2D eigenvalue weighted by Gasteiger charge is 2.36. The lowest BCUT2D eigenvalue weighted by Gasteiger charge is -2.32. The van der Waals surface area contributed by atoms with Gasteiger partial charge in [0, 0.05) is 34.8 Å². The molecule has 0 amide bonds. The number of rotatable bonds is 8. The van der Waals surface area contributed by atoms with Gasteiger partial charge in [0.15, 0.2) is 0 Å². The first-order valence-electron chi connectivity index (χ1n) is 9.56. The highest BCUT2D eigenvalue weighted by Crippen LogP contribution is 2.30. The van der Waals surface area contributed by atoms with Crippen LogP contribution in [0.15, 0.2) is 60.3 Å². The van der Waals surface area contributed by atoms with Gasteiger partial charge in [0.2, 0.25) is 0 Å². The van der Waals surface area contributed by atoms with Crippen LogP contribution >= 0.6 is 23.2 Å². The number of esters is 1. The number of carboxylic acids is 1. The number of carbonyl (C=O) groups excluding carboxylic acids is 1. The first-order valence-corrected chi connectivity index (χ1v) is 11.8. The Morgan fingerprint density at radius 2 is 1.84 bits per heavy atom. The molecule has 1 atom stereocenters. The Hall–Kier alpha value is -2.59. The van der Waals surface area contributed by atoms with Crippen molar-refractivity contribution < 1.29 is 27.9 Å². The lowest BCUT2D eigenvalue weighted by atomic mass is 10.00. The van der Waals surface area contributed by atoms with Gasteiger partial charge in [-0.25, -0.2) is 4.79 Å². The van der Waals surface area contributed by atoms with Crippen molar-refractivity contribution in [1.82, 2.24) is 9.03 Å². The van der Waals surface area contributed by atoms with E-state index in [1.807, 2.05) is 0 Å². The van der Waals surface area contributed by atoms with Crippen molar-refractivity contribution >= 4 is 45.3 Å². The second-order valence-electron chi connectivity index (χ2n) is 6.97. The quantitative estimate of drug-likeness (QED) is 0.536. The minimum atomic E-state index is -3.99. The molecule has 0 aromatic heterocycles. The molecule has 0 saturated heterocycles. The summed E-state index contributed by atoms with van der Waals surface area (Å²) < 4.78 is 34.2. The second kappa shape index (κ2) is 10.4. The van der Waals surface area contributed by atoms with Crippen LogP contribution in [0.1, 0.15) is 30.0 Å². The van der Waals surface area contributed by atoms with Crippen molar-refractivity contribution in [2.24, 2.45) is 0 Å². The maximum atomic E-state index is 13.0. The maximum absolute atomic E-state index is 13.0. The van der Waals surface area contributed by atoms with Crippen LogP contribution in [0.5, 0.6) is 0 Å². The van der Waals surface area contributed by atoms with E-state index >= 15 is 0 Å². The average Bonchev–Trinajstić information content (AvgIpc) is 2.74. The molecule has 0 radical (unpaired) electrons. The van der Waals surface area contributed by atoms with E-state index in [0.29, 0.717) is 21.2 Å². The van der Waals surface area contributed by atoms with Gasteiger partial charge in [-0.1, -0.05) is 59.6 Å². The van der Waals surface area contributed by atoms with E-state index in [2.05, 4.69) is 4.72 Å². The summed E-state index contributed by atoms with van der Waals surface area (Å²) in [4.78, 5) is 23.7. The molecule has 1 aliphatic heterocycles. The topological polar surface area (TPSA) is 113 Å². The van der Waals surface area contributed by atoms with Gasteiger partial charge in [0.05, 0.1) is 11.6 Å². The van der Waals surface area contributed by atoms with Crippen molar-refractivity contribution in [3.8, 4) is 0 Å². The normalized spacial score (nSPS) is 17.5. The summed E-state index contributed by atoms with van der Waals surface area (Å²) >= 11 is 12.0. The van der Waals surface area contributed by atoms with Crippen molar-refractivity contribution in [2.75, 3.05) is 6.54 Å². The molecule has 0 saturated carbocycles. The molecule has 0 aliphatic carbocycles. The second-order valence-corrected chi connectivity index (χ2v) is 9.47. The summed E-state index contributed by atoms with van der Waals surface area (Å²) in [6, 6.07) is 12.4. The molecular weight excluding hydrogens is 479 g/mol. The Bertz CT molecular complexity index is 1140. The Morgan fingerprint density at radius 3 is 2.50 bits per heavy atom. The van der Waals surface area contributed by atoms with Crippen molar-refractivity contribution in [1.29, 1.82) is 0 Å². The maximum Gasteiger partial charge on any atom is 0.337 e. The third-order valence-corrected chi connectivity index (χ3v) is 6.71. The van der Waals surface area contributed by atoms with Crippen LogP contribution in [0.4, 0.5) is 0 Å². The monoisotopic (exact) mass is 498 g/mol. The number of hydrogen-bond acceptors (Lipinski definition) is 5. The van der Waals surface area contributed by atoms with Gasteiger partial charge in [-0.3, -0.25) is 9.10 Å². The number of nitrogens with zero attached hydrogens (tertiary/aromatic N) is 1. The molecule has 0 bridgehead atoms. The first kappa shape index (κ1) is 24.1. The molecule has 32 heavy (non-hydrogen) atoms. The predicted octanol–water partition coefficient (Wildman–Crippen LogP) is 3.68. The standard InChI is InChI=1S/C21H20Cl2N2O6S/c22-16-9-8-15(18(23)11-16)13-31-21(28)17-12-25(10-4-7-19(26)27)32(29,30)24-20(17)14-5-2-1-3-6-14/h1-3,5-6,8-9,11-12,20,24H,4,7,10,13H2,(H,26,27). The molecule has 1 aliphatic rings. The van der Waals surface area contributed by atoms with E-state index in [9.17, 15) is 18.0 Å². The molecule has 2 aromatic carbocycles. The van der Waals surface area contributed by atoms with E-state index in [-0.39, 0.29) is 31.6 Å². The van der Waals surface area contributed by atoms with E-state index in [4.69, 9.17) is 33.0 Å². The van der Waals surface area contributed by atoms with E-state index < -0.39 is 28.2 Å². The summed E-state index contributed by atoms with van der Waals surface area (Å²) in [5.74, 6) is -1.78. The number of hydrogen-bond donors (Lipinski definition) is 2. The number of ether oxygens (including phenoxy) is 1. The smallest absolute Gasteiger partial charge is 0.337 e. The minimum absolute atomic E-state index is 0.0615. The summed E-state index contributed by atoms with van der Waals surface area (Å²) in [5, 5.41) is 9.60. The number of carboxylic acid groups (broad SMARTS) is 1. The zero-order valence-electron chi connectivity index (χ0n) is 16.7. The van der Waals surface area contributed by atoms with Crippen LogP contribution in [0.2, 0.25) is 10.0 Å². The van der Waals surface area contributed by atoms with Crippen LogP contribution in [-0.4, -0.2) is 36.3 Å². The van der Waals surface area contributed by atoms with E-state index in [0.717, 1.165) is 4.31 Å². The molecule has 3 rings (SSSR count). The van der Waals surface area contributed by atoms with Crippen LogP contribution in [0.3, 0.4) is 0 Å². The SMILES string of the molecule is O=C(O)CCCN1C=C(C(=O)OCc2ccc(Cl)cc2Cl)C(c2ccccc2)NS1(=O)=O. The summed E-state index contributed by atoms with van der Waals surface area (Å²) in [6.45, 7) is -0.248. The molecule has 2 N–H and O–H groups in total. The van der Waals surface area contributed by atoms with E-state index in [1.54, 1.807) is 42.5 Å².